The molecule has 1 amide bonds. The van der Waals surface area contributed by atoms with E-state index in [9.17, 15) is 4.79 Å². The number of anilines is 1. The minimum atomic E-state index is -0.277. The van der Waals surface area contributed by atoms with Crippen LogP contribution in [0.15, 0.2) is 39.5 Å². The molecule has 6 nitrogen and oxygen atoms in total. The van der Waals surface area contributed by atoms with Crippen LogP contribution in [0.25, 0.3) is 10.7 Å². The van der Waals surface area contributed by atoms with Gasteiger partial charge in [-0.3, -0.25) is 10.1 Å². The van der Waals surface area contributed by atoms with Crippen molar-refractivity contribution in [1.29, 1.82) is 0 Å². The van der Waals surface area contributed by atoms with Gasteiger partial charge in [0.2, 0.25) is 5.13 Å². The van der Waals surface area contributed by atoms with Crippen molar-refractivity contribution in [3.05, 3.63) is 41.4 Å². The molecule has 0 bridgehead atoms. The van der Waals surface area contributed by atoms with Crippen LogP contribution in [0.5, 0.6) is 0 Å². The number of thioether (sulfide) groups is 2. The van der Waals surface area contributed by atoms with Gasteiger partial charge in [-0.25, -0.2) is 9.97 Å². The first-order valence-electron chi connectivity index (χ1n) is 7.47. The second-order valence-corrected chi connectivity index (χ2v) is 8.91. The van der Waals surface area contributed by atoms with Crippen LogP contribution in [-0.2, 0) is 0 Å². The Labute approximate surface area is 167 Å². The molecule has 0 saturated heterocycles. The number of carbonyl (C=O) groups excluding carboxylic acids is 1. The van der Waals surface area contributed by atoms with Crippen LogP contribution < -0.4 is 5.32 Å². The lowest BCUT2D eigenvalue weighted by molar-refractivity contribution is 0.102. The van der Waals surface area contributed by atoms with E-state index in [2.05, 4.69) is 32.1 Å². The number of nitrogens with one attached hydrogen (secondary N) is 1. The molecule has 26 heavy (non-hydrogen) atoms. The van der Waals surface area contributed by atoms with E-state index >= 15 is 0 Å². The third-order valence-corrected chi connectivity index (χ3v) is 6.69. The maximum absolute atomic E-state index is 12.7. The van der Waals surface area contributed by atoms with E-state index in [-0.39, 0.29) is 5.91 Å². The number of thiophene rings is 1. The summed E-state index contributed by atoms with van der Waals surface area (Å²) in [5, 5.41) is 13.9. The summed E-state index contributed by atoms with van der Waals surface area (Å²) in [6.07, 6.45) is 3.69. The molecule has 10 heteroatoms. The smallest absolute Gasteiger partial charge is 0.262 e. The highest BCUT2D eigenvalue weighted by molar-refractivity contribution is 8.01. The van der Waals surface area contributed by atoms with Crippen LogP contribution in [0.2, 0.25) is 0 Å². The first kappa shape index (κ1) is 19.0. The van der Waals surface area contributed by atoms with Gasteiger partial charge in [0, 0.05) is 5.75 Å². The molecule has 3 heterocycles. The van der Waals surface area contributed by atoms with Gasteiger partial charge in [0.1, 0.15) is 5.03 Å². The molecule has 3 rings (SSSR count). The number of aromatic nitrogens is 4. The fourth-order valence-corrected chi connectivity index (χ4v) is 4.87. The average Bonchev–Trinajstić information content (AvgIpc) is 3.31. The highest BCUT2D eigenvalue weighted by atomic mass is 32.2. The predicted octanol–water partition coefficient (Wildman–Crippen LogP) is 4.62. The number of aryl methyl sites for hydroxylation is 1. The standard InChI is InChI=1S/C16H15N5OS4/c1-4-7-25-16-21-20-15(26-16)19-13(22)11-9(2)17-12(18-14(11)23-3)10-6-5-8-24-10/h4-6,8H,1,7H2,2-3H3,(H,19,20,22). The molecule has 0 atom stereocenters. The molecule has 0 aliphatic heterocycles. The zero-order valence-electron chi connectivity index (χ0n) is 14.1. The summed E-state index contributed by atoms with van der Waals surface area (Å²) in [5.41, 5.74) is 1.10. The summed E-state index contributed by atoms with van der Waals surface area (Å²) in [4.78, 5) is 22.8. The normalized spacial score (nSPS) is 10.7. The molecule has 0 radical (unpaired) electrons. The second kappa shape index (κ2) is 8.76. The van der Waals surface area contributed by atoms with Crippen molar-refractivity contribution < 1.29 is 4.79 Å². The molecule has 0 aliphatic rings. The summed E-state index contributed by atoms with van der Waals surface area (Å²) >= 11 is 5.84. The van der Waals surface area contributed by atoms with Crippen molar-refractivity contribution in [3.63, 3.8) is 0 Å². The molecule has 0 spiro atoms. The number of amides is 1. The maximum atomic E-state index is 12.7. The first-order valence-corrected chi connectivity index (χ1v) is 11.4. The van der Waals surface area contributed by atoms with E-state index in [1.807, 2.05) is 30.7 Å². The van der Waals surface area contributed by atoms with Crippen LogP contribution in [0.4, 0.5) is 5.13 Å². The van der Waals surface area contributed by atoms with E-state index in [4.69, 9.17) is 0 Å². The van der Waals surface area contributed by atoms with Gasteiger partial charge in [-0.2, -0.15) is 0 Å². The zero-order valence-corrected chi connectivity index (χ0v) is 17.3. The van der Waals surface area contributed by atoms with Crippen molar-refractivity contribution >= 4 is 57.2 Å². The molecular weight excluding hydrogens is 406 g/mol. The molecule has 1 N–H and O–H groups in total. The molecule has 0 saturated carbocycles. The predicted molar refractivity (Wildman–Crippen MR) is 111 cm³/mol. The van der Waals surface area contributed by atoms with E-state index in [1.165, 1.54) is 34.9 Å². The number of hydrogen-bond donors (Lipinski definition) is 1. The molecule has 0 unspecified atom stereocenters. The number of hydrogen-bond acceptors (Lipinski definition) is 9. The van der Waals surface area contributed by atoms with Gasteiger partial charge in [0.15, 0.2) is 10.2 Å². The number of rotatable bonds is 7. The topological polar surface area (TPSA) is 80.7 Å². The van der Waals surface area contributed by atoms with Crippen LogP contribution in [0.1, 0.15) is 16.1 Å². The van der Waals surface area contributed by atoms with Crippen LogP contribution in [0, 0.1) is 6.92 Å². The van der Waals surface area contributed by atoms with Gasteiger partial charge in [-0.1, -0.05) is 35.2 Å². The Balaban J connectivity index is 1.84. The Hall–Kier alpha value is -1.75. The Morgan fingerprint density at radius 2 is 2.23 bits per heavy atom. The molecule has 0 aromatic carbocycles. The Bertz CT molecular complexity index is 923. The SMILES string of the molecule is C=CCSc1nnc(NC(=O)c2c(C)nc(-c3cccs3)nc2SC)s1. The van der Waals surface area contributed by atoms with Gasteiger partial charge < -0.3 is 0 Å². The summed E-state index contributed by atoms with van der Waals surface area (Å²) < 4.78 is 0.784. The van der Waals surface area contributed by atoms with Crippen molar-refractivity contribution in [3.8, 4) is 10.7 Å². The van der Waals surface area contributed by atoms with Crippen LogP contribution in [0.3, 0.4) is 0 Å². The van der Waals surface area contributed by atoms with Crippen molar-refractivity contribution in [2.45, 2.75) is 16.3 Å². The zero-order chi connectivity index (χ0) is 18.5. The largest absolute Gasteiger partial charge is 0.296 e. The van der Waals surface area contributed by atoms with Crippen molar-refractivity contribution in [1.82, 2.24) is 20.2 Å². The Kier molecular flexibility index (Phi) is 6.41. The van der Waals surface area contributed by atoms with E-state index in [0.29, 0.717) is 27.2 Å². The highest BCUT2D eigenvalue weighted by Crippen LogP contribution is 2.29. The number of nitrogens with zero attached hydrogens (tertiary/aromatic N) is 4. The van der Waals surface area contributed by atoms with E-state index in [1.54, 1.807) is 17.4 Å². The van der Waals surface area contributed by atoms with Crippen molar-refractivity contribution in [2.24, 2.45) is 0 Å². The molecule has 134 valence electrons. The summed E-state index contributed by atoms with van der Waals surface area (Å²) in [6, 6.07) is 3.92. The molecular formula is C16H15N5OS4. The Morgan fingerprint density at radius 3 is 2.92 bits per heavy atom. The second-order valence-electron chi connectivity index (χ2n) is 4.92. The quantitative estimate of drug-likeness (QED) is 0.258. The molecule has 3 aromatic rings. The molecule has 3 aromatic heterocycles. The lowest BCUT2D eigenvalue weighted by Crippen LogP contribution is -2.16. The van der Waals surface area contributed by atoms with Gasteiger partial charge in [-0.15, -0.1) is 39.9 Å². The third-order valence-electron chi connectivity index (χ3n) is 3.17. The lowest BCUT2D eigenvalue weighted by atomic mass is 10.2. The average molecular weight is 422 g/mol. The molecule has 0 aliphatic carbocycles. The minimum Gasteiger partial charge on any atom is -0.296 e. The maximum Gasteiger partial charge on any atom is 0.262 e. The van der Waals surface area contributed by atoms with E-state index in [0.717, 1.165) is 15.0 Å². The van der Waals surface area contributed by atoms with Gasteiger partial charge in [0.05, 0.1) is 16.1 Å². The van der Waals surface area contributed by atoms with Crippen LogP contribution >= 0.6 is 46.2 Å². The summed E-state index contributed by atoms with van der Waals surface area (Å²) in [6.45, 7) is 5.49. The highest BCUT2D eigenvalue weighted by Gasteiger charge is 2.20. The lowest BCUT2D eigenvalue weighted by Gasteiger charge is -2.10. The summed E-state index contributed by atoms with van der Waals surface area (Å²) in [7, 11) is 0. The molecule has 0 fully saturated rings. The number of carbonyl (C=O) groups is 1. The monoisotopic (exact) mass is 421 g/mol. The van der Waals surface area contributed by atoms with Crippen LogP contribution in [-0.4, -0.2) is 38.1 Å². The summed E-state index contributed by atoms with van der Waals surface area (Å²) in [5.74, 6) is 1.11. The third kappa shape index (κ3) is 4.32. The fourth-order valence-electron chi connectivity index (χ4n) is 2.08. The van der Waals surface area contributed by atoms with E-state index < -0.39 is 0 Å². The minimum absolute atomic E-state index is 0.277. The first-order chi connectivity index (χ1) is 12.6. The Morgan fingerprint density at radius 1 is 1.38 bits per heavy atom. The van der Waals surface area contributed by atoms with Gasteiger partial charge >= 0.3 is 0 Å². The van der Waals surface area contributed by atoms with Gasteiger partial charge in [-0.05, 0) is 24.6 Å². The van der Waals surface area contributed by atoms with Crippen molar-refractivity contribution in [2.75, 3.05) is 17.3 Å². The fraction of sp³-hybridized carbons (Fsp3) is 0.188. The van der Waals surface area contributed by atoms with Gasteiger partial charge in [0.25, 0.3) is 5.91 Å².